The van der Waals surface area contributed by atoms with Gasteiger partial charge in [-0.25, -0.2) is 17.9 Å². The third-order valence-electron chi connectivity index (χ3n) is 4.31. The lowest BCUT2D eigenvalue weighted by molar-refractivity contribution is -0.384. The number of carbonyl (C=O) groups excluding carboxylic acids is 3. The van der Waals surface area contributed by atoms with Crippen LogP contribution < -0.4 is 20.7 Å². The molecule has 0 atom stereocenters. The molecule has 34 heavy (non-hydrogen) atoms. The van der Waals surface area contributed by atoms with E-state index in [1.54, 1.807) is 0 Å². The van der Waals surface area contributed by atoms with Gasteiger partial charge in [-0.05, 0) is 42.8 Å². The van der Waals surface area contributed by atoms with Gasteiger partial charge in [-0.1, -0.05) is 24.9 Å². The number of benzene rings is 2. The van der Waals surface area contributed by atoms with E-state index in [1.165, 1.54) is 36.4 Å². The molecule has 182 valence electrons. The van der Waals surface area contributed by atoms with E-state index in [1.807, 2.05) is 11.6 Å². The maximum Gasteiger partial charge on any atom is 0.328 e. The molecular formula is C20H22ClN5O7S. The van der Waals surface area contributed by atoms with E-state index in [9.17, 15) is 32.9 Å². The predicted molar refractivity (Wildman–Crippen MR) is 124 cm³/mol. The van der Waals surface area contributed by atoms with E-state index < -0.39 is 45.0 Å². The quantitative estimate of drug-likeness (QED) is 0.215. The summed E-state index contributed by atoms with van der Waals surface area (Å²) in [6, 6.07) is 7.65. The van der Waals surface area contributed by atoms with Gasteiger partial charge in [-0.3, -0.25) is 19.7 Å². The topological polar surface area (TPSA) is 177 Å². The van der Waals surface area contributed by atoms with Gasteiger partial charge in [0.1, 0.15) is 5.02 Å². The third-order valence-corrected chi connectivity index (χ3v) is 5.97. The molecule has 4 N–H and O–H groups in total. The highest BCUT2D eigenvalue weighted by Crippen LogP contribution is 2.25. The average Bonchev–Trinajstić information content (AvgIpc) is 2.77. The lowest BCUT2D eigenvalue weighted by Gasteiger charge is -2.10. The molecule has 0 aliphatic heterocycles. The SMILES string of the molecule is CCCCNC(=O)NS(=O)(=O)c1ccc(NC(=O)CNC(=O)c2ccc(Cl)c([N+](=O)[O-])c2)cc1. The number of rotatable bonds is 10. The Kier molecular flexibility index (Phi) is 9.33. The molecule has 0 aliphatic carbocycles. The van der Waals surface area contributed by atoms with Crippen LogP contribution in [0.1, 0.15) is 30.1 Å². The highest BCUT2D eigenvalue weighted by molar-refractivity contribution is 7.90. The van der Waals surface area contributed by atoms with Gasteiger partial charge < -0.3 is 16.0 Å². The first-order valence-corrected chi connectivity index (χ1v) is 11.8. The second-order valence-electron chi connectivity index (χ2n) is 6.89. The number of sulfonamides is 1. The fourth-order valence-electron chi connectivity index (χ4n) is 2.57. The number of urea groups is 1. The van der Waals surface area contributed by atoms with Crippen LogP contribution in [-0.2, 0) is 14.8 Å². The molecule has 2 aromatic rings. The second-order valence-corrected chi connectivity index (χ2v) is 8.98. The van der Waals surface area contributed by atoms with Crippen LogP contribution >= 0.6 is 11.6 Å². The van der Waals surface area contributed by atoms with Gasteiger partial charge >= 0.3 is 6.03 Å². The monoisotopic (exact) mass is 511 g/mol. The maximum absolute atomic E-state index is 12.3. The fraction of sp³-hybridized carbons (Fsp3) is 0.250. The Hall–Kier alpha value is -3.71. The van der Waals surface area contributed by atoms with Crippen LogP contribution in [0.5, 0.6) is 0 Å². The highest BCUT2D eigenvalue weighted by atomic mass is 35.5. The van der Waals surface area contributed by atoms with Crippen molar-refractivity contribution in [2.24, 2.45) is 0 Å². The molecule has 0 saturated heterocycles. The zero-order valence-corrected chi connectivity index (χ0v) is 19.5. The van der Waals surface area contributed by atoms with Crippen LogP contribution in [0.25, 0.3) is 0 Å². The number of hydrogen-bond donors (Lipinski definition) is 4. The zero-order chi connectivity index (χ0) is 25.3. The van der Waals surface area contributed by atoms with Gasteiger partial charge in [0.05, 0.1) is 16.4 Å². The normalized spacial score (nSPS) is 10.8. The van der Waals surface area contributed by atoms with Gasteiger partial charge in [-0.15, -0.1) is 0 Å². The molecule has 0 aliphatic rings. The van der Waals surface area contributed by atoms with Crippen molar-refractivity contribution in [3.8, 4) is 0 Å². The molecule has 0 spiro atoms. The zero-order valence-electron chi connectivity index (χ0n) is 18.0. The Bertz CT molecular complexity index is 1190. The van der Waals surface area contributed by atoms with E-state index >= 15 is 0 Å². The van der Waals surface area contributed by atoms with Gasteiger partial charge in [0.15, 0.2) is 0 Å². The van der Waals surface area contributed by atoms with Crippen molar-refractivity contribution < 1.29 is 27.7 Å². The lowest BCUT2D eigenvalue weighted by atomic mass is 10.2. The molecule has 12 nitrogen and oxygen atoms in total. The predicted octanol–water partition coefficient (Wildman–Crippen LogP) is 2.40. The molecule has 0 saturated carbocycles. The molecule has 4 amide bonds. The van der Waals surface area contributed by atoms with Crippen LogP contribution in [0.3, 0.4) is 0 Å². The van der Waals surface area contributed by atoms with E-state index in [-0.39, 0.29) is 21.2 Å². The molecular weight excluding hydrogens is 490 g/mol. The summed E-state index contributed by atoms with van der Waals surface area (Å²) in [6.07, 6.45) is 1.55. The summed E-state index contributed by atoms with van der Waals surface area (Å²) >= 11 is 5.70. The number of amides is 4. The third kappa shape index (κ3) is 7.71. The number of unbranched alkanes of at least 4 members (excludes halogenated alkanes) is 1. The number of hydrogen-bond acceptors (Lipinski definition) is 7. The number of nitrogens with zero attached hydrogens (tertiary/aromatic N) is 1. The summed E-state index contributed by atoms with van der Waals surface area (Å²) in [5.74, 6) is -1.35. The molecule has 14 heteroatoms. The van der Waals surface area contributed by atoms with Crippen LogP contribution in [0, 0.1) is 10.1 Å². The minimum Gasteiger partial charge on any atom is -0.343 e. The molecule has 0 aromatic heterocycles. The van der Waals surface area contributed by atoms with E-state index in [2.05, 4.69) is 16.0 Å². The molecule has 2 aromatic carbocycles. The standard InChI is InChI=1S/C20H22ClN5O7S/c1-2-3-10-22-20(29)25-34(32,33)15-7-5-14(6-8-15)24-18(27)12-23-19(28)13-4-9-16(21)17(11-13)26(30)31/h4-9,11H,2-3,10,12H2,1H3,(H,23,28)(H,24,27)(H2,22,25,29). The smallest absolute Gasteiger partial charge is 0.328 e. The summed E-state index contributed by atoms with van der Waals surface area (Å²) in [5, 5.41) is 18.0. The van der Waals surface area contributed by atoms with Crippen molar-refractivity contribution >= 4 is 50.8 Å². The van der Waals surface area contributed by atoms with Gasteiger partial charge in [-0.2, -0.15) is 0 Å². The van der Waals surface area contributed by atoms with Crippen molar-refractivity contribution in [3.05, 3.63) is 63.2 Å². The van der Waals surface area contributed by atoms with Crippen LogP contribution in [0.15, 0.2) is 47.4 Å². The van der Waals surface area contributed by atoms with Crippen LogP contribution in [0.4, 0.5) is 16.2 Å². The Labute approximate surface area is 200 Å². The Morgan fingerprint density at radius 3 is 2.35 bits per heavy atom. The Morgan fingerprint density at radius 2 is 1.74 bits per heavy atom. The number of nitro groups is 1. The van der Waals surface area contributed by atoms with E-state index in [0.717, 1.165) is 12.5 Å². The van der Waals surface area contributed by atoms with Crippen LogP contribution in [-0.4, -0.2) is 44.3 Å². The summed E-state index contributed by atoms with van der Waals surface area (Å²) < 4.78 is 26.4. The van der Waals surface area contributed by atoms with Crippen molar-refractivity contribution in [2.75, 3.05) is 18.4 Å². The molecule has 0 heterocycles. The van der Waals surface area contributed by atoms with E-state index in [0.29, 0.717) is 13.0 Å². The molecule has 0 unspecified atom stereocenters. The van der Waals surface area contributed by atoms with Gasteiger partial charge in [0.25, 0.3) is 21.6 Å². The molecule has 0 radical (unpaired) electrons. The maximum atomic E-state index is 12.3. The first-order chi connectivity index (χ1) is 16.0. The Balaban J connectivity index is 1.91. The number of nitrogens with one attached hydrogen (secondary N) is 4. The van der Waals surface area contributed by atoms with Gasteiger partial charge in [0.2, 0.25) is 5.91 Å². The minimum absolute atomic E-state index is 0.0512. The summed E-state index contributed by atoms with van der Waals surface area (Å²) in [6.45, 7) is 1.82. The largest absolute Gasteiger partial charge is 0.343 e. The number of carbonyl (C=O) groups is 3. The van der Waals surface area contributed by atoms with Crippen molar-refractivity contribution in [1.29, 1.82) is 0 Å². The Morgan fingerprint density at radius 1 is 1.06 bits per heavy atom. The van der Waals surface area contributed by atoms with Gasteiger partial charge in [0, 0.05) is 23.9 Å². The molecule has 0 fully saturated rings. The molecule has 0 bridgehead atoms. The van der Waals surface area contributed by atoms with E-state index in [4.69, 9.17) is 11.6 Å². The van der Waals surface area contributed by atoms with Crippen molar-refractivity contribution in [3.63, 3.8) is 0 Å². The summed E-state index contributed by atoms with van der Waals surface area (Å²) in [7, 11) is -4.10. The number of anilines is 1. The van der Waals surface area contributed by atoms with Crippen molar-refractivity contribution in [2.45, 2.75) is 24.7 Å². The fourth-order valence-corrected chi connectivity index (χ4v) is 3.69. The number of nitro benzene ring substituents is 1. The first-order valence-electron chi connectivity index (χ1n) is 9.96. The lowest BCUT2D eigenvalue weighted by Crippen LogP contribution is -2.39. The highest BCUT2D eigenvalue weighted by Gasteiger charge is 2.18. The average molecular weight is 512 g/mol. The van der Waals surface area contributed by atoms with Crippen molar-refractivity contribution in [1.82, 2.24) is 15.4 Å². The molecule has 2 rings (SSSR count). The summed E-state index contributed by atoms with van der Waals surface area (Å²) in [5.41, 5.74) is -0.251. The number of halogens is 1. The minimum atomic E-state index is -4.10. The first kappa shape index (κ1) is 26.5. The van der Waals surface area contributed by atoms with Crippen LogP contribution in [0.2, 0.25) is 5.02 Å². The second kappa shape index (κ2) is 12.0. The summed E-state index contributed by atoms with van der Waals surface area (Å²) in [4.78, 5) is 45.9.